The number of hydrogen-bond acceptors (Lipinski definition) is 0. The van der Waals surface area contributed by atoms with Crippen LogP contribution >= 0.6 is 0 Å². The zero-order chi connectivity index (χ0) is 16.6. The van der Waals surface area contributed by atoms with E-state index in [2.05, 4.69) is 34.6 Å². The summed E-state index contributed by atoms with van der Waals surface area (Å²) in [5.74, 6) is 7.20. The van der Waals surface area contributed by atoms with Gasteiger partial charge in [-0.3, -0.25) is 0 Å². The fourth-order valence-corrected chi connectivity index (χ4v) is 6.55. The van der Waals surface area contributed by atoms with Crippen molar-refractivity contribution in [3.63, 3.8) is 0 Å². The normalized spacial score (nSPS) is 45.5. The Kier molecular flexibility index (Phi) is 5.49. The van der Waals surface area contributed by atoms with Crippen LogP contribution in [0.1, 0.15) is 98.8 Å². The molecule has 5 unspecified atom stereocenters. The summed E-state index contributed by atoms with van der Waals surface area (Å²) < 4.78 is 0. The minimum Gasteiger partial charge on any atom is -0.0625 e. The lowest BCUT2D eigenvalue weighted by Crippen LogP contribution is -2.41. The average Bonchev–Trinajstić information content (AvgIpc) is 2.48. The van der Waals surface area contributed by atoms with Crippen LogP contribution in [0.2, 0.25) is 0 Å². The van der Waals surface area contributed by atoms with Crippen molar-refractivity contribution in [1.82, 2.24) is 0 Å². The van der Waals surface area contributed by atoms with Crippen LogP contribution in [-0.4, -0.2) is 0 Å². The number of rotatable bonds is 2. The van der Waals surface area contributed by atoms with E-state index in [1.165, 1.54) is 38.5 Å². The Hall–Kier alpha value is 0. The molecule has 3 fully saturated rings. The highest BCUT2D eigenvalue weighted by molar-refractivity contribution is 4.94. The van der Waals surface area contributed by atoms with Crippen molar-refractivity contribution in [3.05, 3.63) is 0 Å². The molecule has 0 aromatic heterocycles. The second kappa shape index (κ2) is 7.09. The van der Waals surface area contributed by atoms with Gasteiger partial charge in [-0.1, -0.05) is 66.7 Å². The lowest BCUT2D eigenvalue weighted by molar-refractivity contribution is -0.00398. The maximum Gasteiger partial charge on any atom is -0.0334 e. The Bertz CT molecular complexity index is 366. The highest BCUT2D eigenvalue weighted by Gasteiger charge is 2.44. The van der Waals surface area contributed by atoms with Gasteiger partial charge in [0.15, 0.2) is 0 Å². The third-order valence-corrected chi connectivity index (χ3v) is 8.02. The molecule has 0 heteroatoms. The van der Waals surface area contributed by atoms with E-state index in [0.29, 0.717) is 5.41 Å². The molecule has 0 bridgehead atoms. The van der Waals surface area contributed by atoms with E-state index in [-0.39, 0.29) is 0 Å². The summed E-state index contributed by atoms with van der Waals surface area (Å²) in [7, 11) is 0. The topological polar surface area (TPSA) is 0 Å². The highest BCUT2D eigenvalue weighted by atomic mass is 14.5. The Morgan fingerprint density at radius 2 is 1.35 bits per heavy atom. The van der Waals surface area contributed by atoms with Gasteiger partial charge in [0, 0.05) is 0 Å². The zero-order valence-corrected chi connectivity index (χ0v) is 16.6. The van der Waals surface area contributed by atoms with Gasteiger partial charge >= 0.3 is 0 Å². The summed E-state index contributed by atoms with van der Waals surface area (Å²) in [6, 6.07) is 0. The van der Waals surface area contributed by atoms with Crippen LogP contribution < -0.4 is 0 Å². The summed E-state index contributed by atoms with van der Waals surface area (Å²) in [6.07, 6.45) is 15.3. The van der Waals surface area contributed by atoms with E-state index >= 15 is 0 Å². The molecule has 0 aromatic carbocycles. The molecular formula is C23H42. The van der Waals surface area contributed by atoms with Gasteiger partial charge in [-0.2, -0.15) is 0 Å². The Morgan fingerprint density at radius 3 is 2.00 bits per heavy atom. The molecule has 3 rings (SSSR count). The van der Waals surface area contributed by atoms with Crippen molar-refractivity contribution in [2.75, 3.05) is 0 Å². The van der Waals surface area contributed by atoms with E-state index in [0.717, 1.165) is 41.4 Å². The molecule has 0 aromatic rings. The fourth-order valence-electron chi connectivity index (χ4n) is 6.55. The molecule has 3 saturated carbocycles. The molecule has 3 aliphatic carbocycles. The second-order valence-corrected chi connectivity index (χ2v) is 11.0. The van der Waals surface area contributed by atoms with Gasteiger partial charge in [0.1, 0.15) is 0 Å². The number of hydrogen-bond donors (Lipinski definition) is 0. The zero-order valence-electron chi connectivity index (χ0n) is 16.6. The minimum absolute atomic E-state index is 0.512. The second-order valence-electron chi connectivity index (χ2n) is 11.0. The first-order valence-corrected chi connectivity index (χ1v) is 10.8. The first-order chi connectivity index (χ1) is 10.8. The fraction of sp³-hybridized carbons (Fsp3) is 1.00. The quantitative estimate of drug-likeness (QED) is 0.500. The summed E-state index contributed by atoms with van der Waals surface area (Å²) in [4.78, 5) is 0. The van der Waals surface area contributed by atoms with Crippen molar-refractivity contribution < 1.29 is 0 Å². The Labute approximate surface area is 146 Å². The van der Waals surface area contributed by atoms with Gasteiger partial charge in [-0.25, -0.2) is 0 Å². The van der Waals surface area contributed by atoms with Crippen LogP contribution in [0.15, 0.2) is 0 Å². The van der Waals surface area contributed by atoms with Crippen molar-refractivity contribution >= 4 is 0 Å². The van der Waals surface area contributed by atoms with Crippen LogP contribution in [0.5, 0.6) is 0 Å². The molecule has 0 aliphatic heterocycles. The predicted octanol–water partition coefficient (Wildman–Crippen LogP) is 7.33. The molecule has 0 saturated heterocycles. The van der Waals surface area contributed by atoms with E-state index < -0.39 is 0 Å². The summed E-state index contributed by atoms with van der Waals surface area (Å²) in [6.45, 7) is 12.5. The smallest absolute Gasteiger partial charge is 0.0334 e. The molecule has 0 nitrogen and oxygen atoms in total. The summed E-state index contributed by atoms with van der Waals surface area (Å²) >= 11 is 0. The third kappa shape index (κ3) is 4.35. The van der Waals surface area contributed by atoms with Gasteiger partial charge in [0.05, 0.1) is 0 Å². The lowest BCUT2D eigenvalue weighted by atomic mass is 9.55. The molecule has 3 aliphatic rings. The van der Waals surface area contributed by atoms with Gasteiger partial charge in [-0.15, -0.1) is 0 Å². The SMILES string of the molecule is CC1CCC(CC2CC3CCC(C)CC3CC2C(C)(C)C)CC1. The molecule has 5 atom stereocenters. The minimum atomic E-state index is 0.512. The highest BCUT2D eigenvalue weighted by Crippen LogP contribution is 2.53. The van der Waals surface area contributed by atoms with Crippen LogP contribution in [0.3, 0.4) is 0 Å². The Morgan fingerprint density at radius 1 is 0.696 bits per heavy atom. The van der Waals surface area contributed by atoms with E-state index in [4.69, 9.17) is 0 Å². The summed E-state index contributed by atoms with van der Waals surface area (Å²) in [5.41, 5.74) is 0.512. The largest absolute Gasteiger partial charge is 0.0625 e. The Balaban J connectivity index is 1.66. The molecule has 23 heavy (non-hydrogen) atoms. The lowest BCUT2D eigenvalue weighted by Gasteiger charge is -2.50. The van der Waals surface area contributed by atoms with E-state index in [9.17, 15) is 0 Å². The standard InChI is InChI=1S/C23H42/c1-16-6-9-18(10-7-16)13-21-14-19-11-8-17(2)12-20(19)15-22(21)23(3,4)5/h16-22H,6-15H2,1-5H3. The molecule has 0 N–H and O–H groups in total. The van der Waals surface area contributed by atoms with E-state index in [1.54, 1.807) is 25.7 Å². The van der Waals surface area contributed by atoms with Gasteiger partial charge < -0.3 is 0 Å². The van der Waals surface area contributed by atoms with Crippen LogP contribution in [0, 0.1) is 46.8 Å². The molecule has 0 radical (unpaired) electrons. The maximum atomic E-state index is 2.53. The van der Waals surface area contributed by atoms with Gasteiger partial charge in [0.25, 0.3) is 0 Å². The number of fused-ring (bicyclic) bond motifs is 1. The first kappa shape index (κ1) is 17.8. The molecule has 0 amide bonds. The van der Waals surface area contributed by atoms with Crippen molar-refractivity contribution in [2.24, 2.45) is 46.8 Å². The molecular weight excluding hydrogens is 276 g/mol. The third-order valence-electron chi connectivity index (χ3n) is 8.02. The van der Waals surface area contributed by atoms with Crippen molar-refractivity contribution in [2.45, 2.75) is 98.8 Å². The van der Waals surface area contributed by atoms with Crippen molar-refractivity contribution in [3.8, 4) is 0 Å². The monoisotopic (exact) mass is 318 g/mol. The van der Waals surface area contributed by atoms with Gasteiger partial charge in [0.2, 0.25) is 0 Å². The van der Waals surface area contributed by atoms with Crippen molar-refractivity contribution in [1.29, 1.82) is 0 Å². The molecule has 0 heterocycles. The van der Waals surface area contributed by atoms with Crippen LogP contribution in [0.25, 0.3) is 0 Å². The maximum absolute atomic E-state index is 2.53. The molecule has 0 spiro atoms. The summed E-state index contributed by atoms with van der Waals surface area (Å²) in [5, 5.41) is 0. The van der Waals surface area contributed by atoms with Crippen LogP contribution in [-0.2, 0) is 0 Å². The first-order valence-electron chi connectivity index (χ1n) is 10.8. The van der Waals surface area contributed by atoms with Crippen LogP contribution in [0.4, 0.5) is 0 Å². The average molecular weight is 319 g/mol. The molecule has 134 valence electrons. The predicted molar refractivity (Wildman–Crippen MR) is 101 cm³/mol. The van der Waals surface area contributed by atoms with Gasteiger partial charge in [-0.05, 0) is 78.9 Å². The van der Waals surface area contributed by atoms with E-state index in [1.807, 2.05) is 0 Å².